The number of ether oxygens (including phenoxy) is 1. The van der Waals surface area contributed by atoms with Crippen LogP contribution in [0.5, 0.6) is 0 Å². The van der Waals surface area contributed by atoms with E-state index >= 15 is 0 Å². The average Bonchev–Trinajstić information content (AvgIpc) is 2.25. The first kappa shape index (κ1) is 15.9. The van der Waals surface area contributed by atoms with Crippen molar-refractivity contribution >= 4 is 21.9 Å². The Morgan fingerprint density at radius 3 is 1.94 bits per heavy atom. The molecule has 0 radical (unpaired) electrons. The van der Waals surface area contributed by atoms with E-state index in [0.29, 0.717) is 6.61 Å². The Bertz CT molecular complexity index is 162. The second kappa shape index (κ2) is 13.0. The van der Waals surface area contributed by atoms with Crippen LogP contribution in [0.25, 0.3) is 0 Å². The van der Waals surface area contributed by atoms with Crippen molar-refractivity contribution in [3.63, 3.8) is 0 Å². The van der Waals surface area contributed by atoms with Gasteiger partial charge in [-0.15, -0.1) is 0 Å². The molecule has 0 aliphatic rings. The molecule has 0 fully saturated rings. The number of rotatable bonds is 12. The summed E-state index contributed by atoms with van der Waals surface area (Å²) in [6.07, 6.45) is 9.93. The van der Waals surface area contributed by atoms with Crippen molar-refractivity contribution in [2.24, 2.45) is 0 Å². The van der Waals surface area contributed by atoms with Gasteiger partial charge < -0.3 is 9.84 Å². The lowest BCUT2D eigenvalue weighted by molar-refractivity contribution is -0.142. The largest absolute Gasteiger partial charge is 0.480 e. The minimum Gasteiger partial charge on any atom is -0.480 e. The summed E-state index contributed by atoms with van der Waals surface area (Å²) in [5.41, 5.74) is 0. The highest BCUT2D eigenvalue weighted by atomic mass is 79.9. The van der Waals surface area contributed by atoms with Gasteiger partial charge in [-0.2, -0.15) is 0 Å². The number of halogens is 1. The molecule has 0 atom stereocenters. The highest BCUT2D eigenvalue weighted by molar-refractivity contribution is 9.09. The van der Waals surface area contributed by atoms with Gasteiger partial charge in [0.25, 0.3) is 0 Å². The van der Waals surface area contributed by atoms with Crippen molar-refractivity contribution < 1.29 is 14.6 Å². The van der Waals surface area contributed by atoms with E-state index in [1.165, 1.54) is 38.5 Å². The molecule has 4 heteroatoms. The second-order valence-corrected chi connectivity index (χ2v) is 4.76. The molecule has 0 rings (SSSR count). The first-order chi connectivity index (χ1) is 7.77. The predicted molar refractivity (Wildman–Crippen MR) is 69.2 cm³/mol. The van der Waals surface area contributed by atoms with E-state index in [2.05, 4.69) is 15.9 Å². The molecule has 0 unspecified atom stereocenters. The number of hydrogen-bond donors (Lipinski definition) is 1. The summed E-state index contributed by atoms with van der Waals surface area (Å²) in [5, 5.41) is 9.45. The van der Waals surface area contributed by atoms with Crippen LogP contribution >= 0.6 is 15.9 Å². The zero-order valence-electron chi connectivity index (χ0n) is 9.92. The standard InChI is InChI=1S/C12H23BrO3/c13-9-7-5-3-1-2-4-6-8-10-16-11-12(14)15/h1-11H2,(H,14,15). The molecule has 0 bridgehead atoms. The summed E-state index contributed by atoms with van der Waals surface area (Å²) in [6, 6.07) is 0. The molecule has 0 spiro atoms. The van der Waals surface area contributed by atoms with Gasteiger partial charge in [0.15, 0.2) is 0 Å². The Morgan fingerprint density at radius 2 is 1.44 bits per heavy atom. The van der Waals surface area contributed by atoms with Crippen LogP contribution in [-0.2, 0) is 9.53 Å². The normalized spacial score (nSPS) is 10.6. The Kier molecular flexibility index (Phi) is 12.9. The molecule has 0 amide bonds. The van der Waals surface area contributed by atoms with Crippen LogP contribution in [0, 0.1) is 0 Å². The van der Waals surface area contributed by atoms with Crippen molar-refractivity contribution in [1.82, 2.24) is 0 Å². The first-order valence-electron chi connectivity index (χ1n) is 6.13. The van der Waals surface area contributed by atoms with Crippen LogP contribution in [-0.4, -0.2) is 29.6 Å². The summed E-state index contributed by atoms with van der Waals surface area (Å²) < 4.78 is 4.95. The lowest BCUT2D eigenvalue weighted by atomic mass is 10.1. The van der Waals surface area contributed by atoms with E-state index in [-0.39, 0.29) is 6.61 Å². The molecular formula is C12H23BrO3. The number of unbranched alkanes of at least 4 members (excludes halogenated alkanes) is 7. The highest BCUT2D eigenvalue weighted by Gasteiger charge is 1.96. The maximum Gasteiger partial charge on any atom is 0.329 e. The lowest BCUT2D eigenvalue weighted by Gasteiger charge is -2.02. The number of aliphatic carboxylic acids is 1. The highest BCUT2D eigenvalue weighted by Crippen LogP contribution is 2.09. The van der Waals surface area contributed by atoms with Crippen molar-refractivity contribution in [3.8, 4) is 0 Å². The Balaban J connectivity index is 2.90. The molecule has 3 nitrogen and oxygen atoms in total. The van der Waals surface area contributed by atoms with Gasteiger partial charge in [-0.25, -0.2) is 4.79 Å². The number of carboxylic acids is 1. The summed E-state index contributed by atoms with van der Waals surface area (Å²) in [6.45, 7) is 0.419. The molecular weight excluding hydrogens is 272 g/mol. The van der Waals surface area contributed by atoms with Crippen LogP contribution < -0.4 is 0 Å². The molecule has 0 aliphatic heterocycles. The van der Waals surface area contributed by atoms with E-state index in [0.717, 1.165) is 18.2 Å². The van der Waals surface area contributed by atoms with Gasteiger partial charge in [-0.1, -0.05) is 54.5 Å². The van der Waals surface area contributed by atoms with Gasteiger partial charge >= 0.3 is 5.97 Å². The van der Waals surface area contributed by atoms with Crippen molar-refractivity contribution in [3.05, 3.63) is 0 Å². The fourth-order valence-electron chi connectivity index (χ4n) is 1.52. The smallest absolute Gasteiger partial charge is 0.329 e. The van der Waals surface area contributed by atoms with Gasteiger partial charge in [0, 0.05) is 11.9 Å². The van der Waals surface area contributed by atoms with Crippen LogP contribution in [0.4, 0.5) is 0 Å². The third-order valence-electron chi connectivity index (χ3n) is 2.40. The van der Waals surface area contributed by atoms with E-state index in [1.807, 2.05) is 0 Å². The number of alkyl halides is 1. The van der Waals surface area contributed by atoms with Crippen molar-refractivity contribution in [2.75, 3.05) is 18.5 Å². The molecule has 1 N–H and O–H groups in total. The molecule has 0 heterocycles. The molecule has 0 aromatic carbocycles. The van der Waals surface area contributed by atoms with Gasteiger partial charge in [0.1, 0.15) is 6.61 Å². The summed E-state index contributed by atoms with van der Waals surface area (Å²) in [4.78, 5) is 10.1. The molecule has 16 heavy (non-hydrogen) atoms. The number of carbonyl (C=O) groups is 1. The van der Waals surface area contributed by atoms with Gasteiger partial charge in [-0.05, 0) is 12.8 Å². The van der Waals surface area contributed by atoms with Crippen LogP contribution in [0.15, 0.2) is 0 Å². The minimum absolute atomic E-state index is 0.160. The quantitative estimate of drug-likeness (QED) is 0.442. The number of hydrogen-bond acceptors (Lipinski definition) is 2. The van der Waals surface area contributed by atoms with Crippen molar-refractivity contribution in [1.29, 1.82) is 0 Å². The van der Waals surface area contributed by atoms with Gasteiger partial charge in [-0.3, -0.25) is 0 Å². The molecule has 0 saturated carbocycles. The topological polar surface area (TPSA) is 46.5 Å². The summed E-state index contributed by atoms with van der Waals surface area (Å²) in [7, 11) is 0. The molecule has 0 aromatic heterocycles. The third kappa shape index (κ3) is 13.9. The zero-order chi connectivity index (χ0) is 12.1. The second-order valence-electron chi connectivity index (χ2n) is 3.96. The monoisotopic (exact) mass is 294 g/mol. The van der Waals surface area contributed by atoms with Gasteiger partial charge in [0.2, 0.25) is 0 Å². The Morgan fingerprint density at radius 1 is 0.938 bits per heavy atom. The maximum atomic E-state index is 10.1. The summed E-state index contributed by atoms with van der Waals surface area (Å²) >= 11 is 3.42. The van der Waals surface area contributed by atoms with E-state index in [9.17, 15) is 4.79 Å². The molecule has 96 valence electrons. The average molecular weight is 295 g/mol. The fraction of sp³-hybridized carbons (Fsp3) is 0.917. The minimum atomic E-state index is -0.883. The zero-order valence-corrected chi connectivity index (χ0v) is 11.5. The van der Waals surface area contributed by atoms with E-state index in [4.69, 9.17) is 9.84 Å². The van der Waals surface area contributed by atoms with Crippen molar-refractivity contribution in [2.45, 2.75) is 51.4 Å². The Hall–Kier alpha value is -0.0900. The SMILES string of the molecule is O=C(O)COCCCCCCCCCCBr. The van der Waals surface area contributed by atoms with E-state index in [1.54, 1.807) is 0 Å². The third-order valence-corrected chi connectivity index (χ3v) is 2.96. The predicted octanol–water partition coefficient (Wildman–Crippen LogP) is 3.60. The fourth-order valence-corrected chi connectivity index (χ4v) is 1.92. The van der Waals surface area contributed by atoms with Gasteiger partial charge in [0.05, 0.1) is 0 Å². The van der Waals surface area contributed by atoms with E-state index < -0.39 is 5.97 Å². The number of carboxylic acid groups (broad SMARTS) is 1. The first-order valence-corrected chi connectivity index (χ1v) is 7.25. The maximum absolute atomic E-state index is 10.1. The molecule has 0 saturated heterocycles. The summed E-state index contributed by atoms with van der Waals surface area (Å²) in [5.74, 6) is -0.883. The van der Waals surface area contributed by atoms with Crippen LogP contribution in [0.3, 0.4) is 0 Å². The van der Waals surface area contributed by atoms with Crippen LogP contribution in [0.2, 0.25) is 0 Å². The lowest BCUT2D eigenvalue weighted by Crippen LogP contribution is -2.07. The molecule has 0 aromatic rings. The van der Waals surface area contributed by atoms with Crippen LogP contribution in [0.1, 0.15) is 51.4 Å². The Labute approximate surface area is 107 Å². The molecule has 0 aliphatic carbocycles.